The van der Waals surface area contributed by atoms with Gasteiger partial charge in [-0.3, -0.25) is 14.3 Å². The summed E-state index contributed by atoms with van der Waals surface area (Å²) in [4.78, 5) is 31.3. The zero-order valence-corrected chi connectivity index (χ0v) is 20.1. The molecule has 1 N–H and O–H groups in total. The van der Waals surface area contributed by atoms with Crippen LogP contribution in [0, 0.1) is 0 Å². The highest BCUT2D eigenvalue weighted by Gasteiger charge is 2.17. The number of aromatic amines is 1. The lowest BCUT2D eigenvalue weighted by Crippen LogP contribution is -2.29. The van der Waals surface area contributed by atoms with E-state index in [-0.39, 0.29) is 0 Å². The van der Waals surface area contributed by atoms with Crippen LogP contribution in [0.1, 0.15) is 78.1 Å². The molecule has 0 atom stereocenters. The number of imidazole rings is 1. The summed E-state index contributed by atoms with van der Waals surface area (Å²) in [6.07, 6.45) is 14.9. The number of H-pyrrole nitrogens is 1. The van der Waals surface area contributed by atoms with Gasteiger partial charge in [0.2, 0.25) is 0 Å². The number of unbranched alkanes of at least 4 members (excludes halogenated alkanes) is 9. The Kier molecular flexibility index (Phi) is 10.8. The van der Waals surface area contributed by atoms with Gasteiger partial charge in [0, 0.05) is 24.4 Å². The van der Waals surface area contributed by atoms with E-state index in [1.807, 2.05) is 10.6 Å². The fourth-order valence-electron chi connectivity index (χ4n) is 3.46. The number of nitrogens with one attached hydrogen (secondary N) is 1. The van der Waals surface area contributed by atoms with Crippen LogP contribution >= 0.6 is 23.4 Å². The number of nitrogens with zero attached hydrogens (tertiary/aromatic N) is 3. The first-order valence-corrected chi connectivity index (χ1v) is 12.5. The van der Waals surface area contributed by atoms with Crippen molar-refractivity contribution in [1.82, 2.24) is 19.1 Å². The summed E-state index contributed by atoms with van der Waals surface area (Å²) in [7, 11) is 1.62. The summed E-state index contributed by atoms with van der Waals surface area (Å²) in [6.45, 7) is 4.51. The van der Waals surface area contributed by atoms with E-state index < -0.39 is 11.2 Å². The van der Waals surface area contributed by atoms with Crippen LogP contribution in [-0.2, 0) is 13.6 Å². The first-order chi connectivity index (χ1) is 14.5. The fourth-order valence-corrected chi connectivity index (χ4v) is 4.54. The van der Waals surface area contributed by atoms with Crippen molar-refractivity contribution in [3.63, 3.8) is 0 Å². The Balaban J connectivity index is 1.91. The van der Waals surface area contributed by atoms with Crippen molar-refractivity contribution in [2.45, 2.75) is 89.8 Å². The van der Waals surface area contributed by atoms with Gasteiger partial charge in [-0.1, -0.05) is 94.1 Å². The van der Waals surface area contributed by atoms with E-state index in [0.29, 0.717) is 22.7 Å². The minimum Gasteiger partial charge on any atom is -0.309 e. The highest BCUT2D eigenvalue weighted by molar-refractivity contribution is 7.99. The van der Waals surface area contributed by atoms with Gasteiger partial charge in [-0.15, -0.1) is 0 Å². The van der Waals surface area contributed by atoms with Crippen LogP contribution < -0.4 is 11.2 Å². The second-order valence-electron chi connectivity index (χ2n) is 7.82. The summed E-state index contributed by atoms with van der Waals surface area (Å²) in [6, 6.07) is 0. The van der Waals surface area contributed by atoms with Crippen molar-refractivity contribution in [2.24, 2.45) is 7.05 Å². The van der Waals surface area contributed by atoms with Crippen molar-refractivity contribution in [3.8, 4) is 0 Å². The summed E-state index contributed by atoms with van der Waals surface area (Å²) in [5.74, 6) is 0.940. The second-order valence-corrected chi connectivity index (χ2v) is 9.48. The van der Waals surface area contributed by atoms with Crippen LogP contribution in [0.15, 0.2) is 25.9 Å². The van der Waals surface area contributed by atoms with Gasteiger partial charge in [-0.25, -0.2) is 9.78 Å². The standard InChI is InChI=1S/C22H35ClN4O2S/c1-4-5-6-7-8-9-10-11-12-13-16-30-22-24-19-18(27(22)15-14-17(2)23)20(28)25-21(29)26(19)3/h14H,4-13,15-16H2,1-3H3,(H,25,28,29)/b17-14+. The third-order valence-electron chi connectivity index (χ3n) is 5.26. The van der Waals surface area contributed by atoms with Crippen LogP contribution in [-0.4, -0.2) is 24.9 Å². The summed E-state index contributed by atoms with van der Waals surface area (Å²) in [5.41, 5.74) is -0.0359. The Labute approximate surface area is 188 Å². The number of aromatic nitrogens is 4. The average molecular weight is 455 g/mol. The molecular weight excluding hydrogens is 420 g/mol. The molecule has 2 rings (SSSR count). The van der Waals surface area contributed by atoms with Gasteiger partial charge >= 0.3 is 5.69 Å². The minimum absolute atomic E-state index is 0.410. The number of rotatable bonds is 14. The second kappa shape index (κ2) is 13.1. The number of fused-ring (bicyclic) bond motifs is 1. The Hall–Kier alpha value is -1.47. The van der Waals surface area contributed by atoms with E-state index in [0.717, 1.165) is 17.3 Å². The topological polar surface area (TPSA) is 72.7 Å². The molecule has 0 aromatic carbocycles. The molecule has 2 heterocycles. The Morgan fingerprint density at radius 3 is 2.27 bits per heavy atom. The third kappa shape index (κ3) is 7.34. The smallest absolute Gasteiger partial charge is 0.309 e. The van der Waals surface area contributed by atoms with Crippen LogP contribution in [0.3, 0.4) is 0 Å². The number of hydrogen-bond acceptors (Lipinski definition) is 4. The first-order valence-electron chi connectivity index (χ1n) is 11.1. The normalized spacial score (nSPS) is 12.2. The molecule has 0 saturated carbocycles. The van der Waals surface area contributed by atoms with Gasteiger partial charge in [-0.2, -0.15) is 0 Å². The van der Waals surface area contributed by atoms with E-state index >= 15 is 0 Å². The summed E-state index contributed by atoms with van der Waals surface area (Å²) < 4.78 is 3.23. The van der Waals surface area contributed by atoms with E-state index in [4.69, 9.17) is 11.6 Å². The predicted molar refractivity (Wildman–Crippen MR) is 128 cm³/mol. The molecule has 8 heteroatoms. The van der Waals surface area contributed by atoms with Crippen LogP contribution in [0.4, 0.5) is 0 Å². The van der Waals surface area contributed by atoms with Crippen molar-refractivity contribution < 1.29 is 0 Å². The molecular formula is C22H35ClN4O2S. The number of thioether (sulfide) groups is 1. The highest BCUT2D eigenvalue weighted by atomic mass is 35.5. The molecule has 0 aliphatic rings. The monoisotopic (exact) mass is 454 g/mol. The molecule has 0 spiro atoms. The summed E-state index contributed by atoms with van der Waals surface area (Å²) >= 11 is 7.63. The quantitative estimate of drug-likeness (QED) is 0.298. The van der Waals surface area contributed by atoms with E-state index in [1.54, 1.807) is 25.7 Å². The Morgan fingerprint density at radius 1 is 1.07 bits per heavy atom. The highest BCUT2D eigenvalue weighted by Crippen LogP contribution is 2.23. The molecule has 0 unspecified atom stereocenters. The fraction of sp³-hybridized carbons (Fsp3) is 0.682. The van der Waals surface area contributed by atoms with Crippen LogP contribution in [0.2, 0.25) is 0 Å². The van der Waals surface area contributed by atoms with Gasteiger partial charge in [0.15, 0.2) is 16.3 Å². The minimum atomic E-state index is -0.451. The third-order valence-corrected chi connectivity index (χ3v) is 6.47. The number of hydrogen-bond donors (Lipinski definition) is 1. The number of halogens is 1. The van der Waals surface area contributed by atoms with Crippen molar-refractivity contribution in [2.75, 3.05) is 5.75 Å². The predicted octanol–water partition coefficient (Wildman–Crippen LogP) is 5.58. The van der Waals surface area contributed by atoms with E-state index in [2.05, 4.69) is 16.9 Å². The van der Waals surface area contributed by atoms with Gasteiger partial charge in [0.1, 0.15) is 0 Å². The molecule has 30 heavy (non-hydrogen) atoms. The number of aryl methyl sites for hydroxylation is 1. The molecule has 0 aliphatic heterocycles. The zero-order valence-electron chi connectivity index (χ0n) is 18.5. The molecule has 168 valence electrons. The average Bonchev–Trinajstić information content (AvgIpc) is 3.08. The Bertz CT molecular complexity index is 941. The molecule has 2 aromatic rings. The van der Waals surface area contributed by atoms with Crippen molar-refractivity contribution >= 4 is 34.5 Å². The van der Waals surface area contributed by atoms with Gasteiger partial charge in [0.25, 0.3) is 5.56 Å². The largest absolute Gasteiger partial charge is 0.329 e. The van der Waals surface area contributed by atoms with Gasteiger partial charge in [0.05, 0.1) is 0 Å². The van der Waals surface area contributed by atoms with E-state index in [1.165, 1.54) is 62.4 Å². The number of allylic oxidation sites excluding steroid dienone is 2. The zero-order chi connectivity index (χ0) is 21.9. The van der Waals surface area contributed by atoms with Gasteiger partial charge < -0.3 is 4.57 Å². The van der Waals surface area contributed by atoms with Gasteiger partial charge in [-0.05, 0) is 13.3 Å². The molecule has 6 nitrogen and oxygen atoms in total. The Morgan fingerprint density at radius 2 is 1.67 bits per heavy atom. The van der Waals surface area contributed by atoms with Crippen LogP contribution in [0.25, 0.3) is 11.2 Å². The maximum Gasteiger partial charge on any atom is 0.329 e. The molecule has 0 aliphatic carbocycles. The van der Waals surface area contributed by atoms with E-state index in [9.17, 15) is 9.59 Å². The maximum atomic E-state index is 12.4. The first kappa shape index (κ1) is 24.8. The molecule has 2 aromatic heterocycles. The molecule has 0 radical (unpaired) electrons. The lowest BCUT2D eigenvalue weighted by atomic mass is 10.1. The lowest BCUT2D eigenvalue weighted by Gasteiger charge is -2.06. The molecule has 0 saturated heterocycles. The lowest BCUT2D eigenvalue weighted by molar-refractivity contribution is 0.563. The molecule has 0 amide bonds. The summed E-state index contributed by atoms with van der Waals surface area (Å²) in [5, 5.41) is 1.41. The molecule has 0 fully saturated rings. The van der Waals surface area contributed by atoms with Crippen LogP contribution in [0.5, 0.6) is 0 Å². The maximum absolute atomic E-state index is 12.4. The van der Waals surface area contributed by atoms with Crippen molar-refractivity contribution in [1.29, 1.82) is 0 Å². The van der Waals surface area contributed by atoms with Crippen molar-refractivity contribution in [3.05, 3.63) is 31.9 Å². The SMILES string of the molecule is CCCCCCCCCCCCSc1nc2c(c(=O)[nH]c(=O)n2C)n1C/C=C(\C)Cl. The molecule has 0 bridgehead atoms.